The van der Waals surface area contributed by atoms with E-state index in [0.717, 1.165) is 48.9 Å². The molecule has 1 atom stereocenters. The molecule has 2 aromatic heterocycles. The number of H-pyrrole nitrogens is 1. The summed E-state index contributed by atoms with van der Waals surface area (Å²) in [4.78, 5) is 8.71. The number of rotatable bonds is 6. The van der Waals surface area contributed by atoms with Crippen molar-refractivity contribution in [3.63, 3.8) is 0 Å². The van der Waals surface area contributed by atoms with Gasteiger partial charge in [-0.1, -0.05) is 19.3 Å². The highest BCUT2D eigenvalue weighted by molar-refractivity contribution is 5.90. The van der Waals surface area contributed by atoms with Crippen LogP contribution in [0.15, 0.2) is 18.2 Å². The Labute approximate surface area is 166 Å². The van der Waals surface area contributed by atoms with Crippen molar-refractivity contribution >= 4 is 16.9 Å². The number of aliphatic hydroxyl groups excluding tert-OH is 1. The summed E-state index contributed by atoms with van der Waals surface area (Å²) < 4.78 is 32.6. The van der Waals surface area contributed by atoms with E-state index >= 15 is 0 Å². The van der Waals surface area contributed by atoms with Crippen LogP contribution in [0.4, 0.5) is 14.6 Å². The van der Waals surface area contributed by atoms with E-state index in [0.29, 0.717) is 17.4 Å². The zero-order valence-corrected chi connectivity index (χ0v) is 16.1. The van der Waals surface area contributed by atoms with Gasteiger partial charge in [-0.15, -0.1) is 0 Å². The Morgan fingerprint density at radius 1 is 1.24 bits per heavy atom. The van der Waals surface area contributed by atoms with Gasteiger partial charge >= 0.3 is 6.01 Å². The number of benzene rings is 1. The smallest absolute Gasteiger partial charge is 0.326 e. The molecule has 9 heteroatoms. The molecule has 1 saturated carbocycles. The number of aromatic amines is 1. The summed E-state index contributed by atoms with van der Waals surface area (Å²) in [6.45, 7) is 1.93. The molecule has 1 fully saturated rings. The predicted molar refractivity (Wildman–Crippen MR) is 104 cm³/mol. The number of nitrogens with zero attached hydrogens (tertiary/aromatic N) is 3. The number of nitrogens with one attached hydrogen (secondary N) is 2. The Balaban J connectivity index is 1.72. The van der Waals surface area contributed by atoms with Gasteiger partial charge in [-0.25, -0.2) is 8.78 Å². The van der Waals surface area contributed by atoms with Crippen LogP contribution in [-0.4, -0.2) is 37.9 Å². The molecule has 0 bridgehead atoms. The molecule has 0 unspecified atom stereocenters. The molecule has 4 rings (SSSR count). The van der Waals surface area contributed by atoms with Crippen molar-refractivity contribution in [2.45, 2.75) is 51.0 Å². The number of hydrogen-bond donors (Lipinski definition) is 3. The van der Waals surface area contributed by atoms with Crippen LogP contribution in [0.25, 0.3) is 11.0 Å². The van der Waals surface area contributed by atoms with Gasteiger partial charge in [-0.2, -0.15) is 15.1 Å². The van der Waals surface area contributed by atoms with Gasteiger partial charge < -0.3 is 15.2 Å². The predicted octanol–water partition coefficient (Wildman–Crippen LogP) is 4.26. The highest BCUT2D eigenvalue weighted by Crippen LogP contribution is 2.37. The van der Waals surface area contributed by atoms with E-state index in [1.165, 1.54) is 12.5 Å². The molecule has 0 amide bonds. The standard InChI is InChI=1S/C20H23F2N5O2/c1-11(28)10-23-18-16-17(12-5-3-2-4-6-12)26-27-19(16)25-20(24-18)29-15-8-7-13(21)9-14(15)22/h7-9,11-12,28H,2-6,10H2,1H3,(H2,23,24,25,26,27)/t11-/m0/s1. The van der Waals surface area contributed by atoms with Gasteiger partial charge in [0.25, 0.3) is 0 Å². The van der Waals surface area contributed by atoms with Crippen LogP contribution in [0.1, 0.15) is 50.6 Å². The van der Waals surface area contributed by atoms with Crippen LogP contribution in [0, 0.1) is 11.6 Å². The van der Waals surface area contributed by atoms with Crippen molar-refractivity contribution in [3.8, 4) is 11.8 Å². The molecule has 1 aromatic carbocycles. The summed E-state index contributed by atoms with van der Waals surface area (Å²) in [6, 6.07) is 2.91. The third-order valence-electron chi connectivity index (χ3n) is 5.08. The molecule has 1 aliphatic rings. The molecular weight excluding hydrogens is 380 g/mol. The summed E-state index contributed by atoms with van der Waals surface area (Å²) in [5.74, 6) is -0.951. The van der Waals surface area contributed by atoms with Crippen LogP contribution in [0.2, 0.25) is 0 Å². The van der Waals surface area contributed by atoms with Crippen LogP contribution in [0.3, 0.4) is 0 Å². The van der Waals surface area contributed by atoms with Crippen molar-refractivity contribution in [2.75, 3.05) is 11.9 Å². The summed E-state index contributed by atoms with van der Waals surface area (Å²) in [6.07, 6.45) is 5.04. The second kappa shape index (κ2) is 8.28. The van der Waals surface area contributed by atoms with E-state index in [1.54, 1.807) is 6.92 Å². The third kappa shape index (κ3) is 4.29. The van der Waals surface area contributed by atoms with Crippen LogP contribution >= 0.6 is 0 Å². The number of hydrogen-bond acceptors (Lipinski definition) is 6. The van der Waals surface area contributed by atoms with Gasteiger partial charge in [0, 0.05) is 18.5 Å². The second-order valence-electron chi connectivity index (χ2n) is 7.43. The minimum absolute atomic E-state index is 0.102. The summed E-state index contributed by atoms with van der Waals surface area (Å²) in [5.41, 5.74) is 1.36. The fourth-order valence-electron chi connectivity index (χ4n) is 3.68. The Morgan fingerprint density at radius 3 is 2.76 bits per heavy atom. The first-order valence-corrected chi connectivity index (χ1v) is 9.82. The van der Waals surface area contributed by atoms with Gasteiger partial charge in [-0.05, 0) is 31.9 Å². The summed E-state index contributed by atoms with van der Waals surface area (Å²) >= 11 is 0. The minimum atomic E-state index is -0.848. The molecule has 154 valence electrons. The van der Waals surface area contributed by atoms with E-state index in [1.807, 2.05) is 0 Å². The number of fused-ring (bicyclic) bond motifs is 1. The number of ether oxygens (including phenoxy) is 1. The topological polar surface area (TPSA) is 96.0 Å². The molecule has 2 heterocycles. The lowest BCUT2D eigenvalue weighted by Gasteiger charge is -2.20. The fraction of sp³-hybridized carbons (Fsp3) is 0.450. The maximum absolute atomic E-state index is 14.0. The van der Waals surface area contributed by atoms with Gasteiger partial charge in [0.05, 0.1) is 17.2 Å². The van der Waals surface area contributed by atoms with Gasteiger partial charge in [-0.3, -0.25) is 5.10 Å². The highest BCUT2D eigenvalue weighted by Gasteiger charge is 2.24. The molecule has 1 aliphatic carbocycles. The number of anilines is 1. The number of aromatic nitrogens is 4. The number of aliphatic hydroxyl groups is 1. The average Bonchev–Trinajstić information content (AvgIpc) is 3.13. The SMILES string of the molecule is C[C@H](O)CNc1nc(Oc2ccc(F)cc2F)nc2[nH]nc(C3CCCCC3)c12. The van der Waals surface area contributed by atoms with Crippen LogP contribution in [-0.2, 0) is 0 Å². The maximum Gasteiger partial charge on any atom is 0.326 e. The Kier molecular flexibility index (Phi) is 5.57. The lowest BCUT2D eigenvalue weighted by atomic mass is 9.86. The highest BCUT2D eigenvalue weighted by atomic mass is 19.1. The Morgan fingerprint density at radius 2 is 2.03 bits per heavy atom. The Hall–Kier alpha value is -2.81. The maximum atomic E-state index is 14.0. The Bertz CT molecular complexity index is 1000. The monoisotopic (exact) mass is 403 g/mol. The van der Waals surface area contributed by atoms with E-state index < -0.39 is 17.7 Å². The van der Waals surface area contributed by atoms with E-state index in [4.69, 9.17) is 4.74 Å². The molecule has 0 spiro atoms. The van der Waals surface area contributed by atoms with Crippen molar-refractivity contribution in [2.24, 2.45) is 0 Å². The van der Waals surface area contributed by atoms with Crippen molar-refractivity contribution in [3.05, 3.63) is 35.5 Å². The molecule has 3 aromatic rings. The van der Waals surface area contributed by atoms with Crippen molar-refractivity contribution < 1.29 is 18.6 Å². The van der Waals surface area contributed by atoms with E-state index in [2.05, 4.69) is 25.5 Å². The number of halogens is 2. The molecule has 7 nitrogen and oxygen atoms in total. The van der Waals surface area contributed by atoms with Gasteiger partial charge in [0.2, 0.25) is 0 Å². The zero-order valence-electron chi connectivity index (χ0n) is 16.1. The molecule has 0 aliphatic heterocycles. The molecule has 3 N–H and O–H groups in total. The lowest BCUT2D eigenvalue weighted by Crippen LogP contribution is -2.17. The molecule has 0 radical (unpaired) electrons. The van der Waals surface area contributed by atoms with Crippen molar-refractivity contribution in [1.82, 2.24) is 20.2 Å². The average molecular weight is 403 g/mol. The van der Waals surface area contributed by atoms with E-state index in [9.17, 15) is 13.9 Å². The fourth-order valence-corrected chi connectivity index (χ4v) is 3.68. The van der Waals surface area contributed by atoms with Crippen molar-refractivity contribution in [1.29, 1.82) is 0 Å². The lowest BCUT2D eigenvalue weighted by molar-refractivity contribution is 0.208. The normalized spacial score (nSPS) is 16.1. The summed E-state index contributed by atoms with van der Waals surface area (Å²) in [5, 5.41) is 20.9. The van der Waals surface area contributed by atoms with E-state index in [-0.39, 0.29) is 18.3 Å². The second-order valence-corrected chi connectivity index (χ2v) is 7.43. The van der Waals surface area contributed by atoms with Crippen LogP contribution < -0.4 is 10.1 Å². The molecule has 29 heavy (non-hydrogen) atoms. The first-order chi connectivity index (χ1) is 14.0. The van der Waals surface area contributed by atoms with Gasteiger partial charge in [0.15, 0.2) is 17.2 Å². The first-order valence-electron chi connectivity index (χ1n) is 9.82. The quantitative estimate of drug-likeness (QED) is 0.569. The largest absolute Gasteiger partial charge is 0.421 e. The minimum Gasteiger partial charge on any atom is -0.421 e. The molecule has 0 saturated heterocycles. The van der Waals surface area contributed by atoms with Gasteiger partial charge in [0.1, 0.15) is 11.6 Å². The zero-order chi connectivity index (χ0) is 20.4. The summed E-state index contributed by atoms with van der Waals surface area (Å²) in [7, 11) is 0. The van der Waals surface area contributed by atoms with Crippen LogP contribution in [0.5, 0.6) is 11.8 Å². The third-order valence-corrected chi connectivity index (χ3v) is 5.08. The molecular formula is C20H23F2N5O2. The first kappa shape index (κ1) is 19.5.